The first kappa shape index (κ1) is 11.8. The van der Waals surface area contributed by atoms with Crippen LogP contribution in [-0.4, -0.2) is 31.1 Å². The standard InChI is InChI=1S/C13H17NO3/c1-10(15)14(2)9-11-4-5-12-13(8-11)17-7-3-6-16-12/h4-5,8H,3,6-7,9H2,1-2H3. The highest BCUT2D eigenvalue weighted by atomic mass is 16.5. The van der Waals surface area contributed by atoms with Gasteiger partial charge in [0.2, 0.25) is 5.91 Å². The van der Waals surface area contributed by atoms with Crippen molar-refractivity contribution < 1.29 is 14.3 Å². The summed E-state index contributed by atoms with van der Waals surface area (Å²) in [5.41, 5.74) is 1.05. The van der Waals surface area contributed by atoms with Gasteiger partial charge in [-0.1, -0.05) is 6.07 Å². The predicted molar refractivity (Wildman–Crippen MR) is 64.2 cm³/mol. The zero-order chi connectivity index (χ0) is 12.3. The van der Waals surface area contributed by atoms with E-state index in [9.17, 15) is 4.79 Å². The van der Waals surface area contributed by atoms with Gasteiger partial charge in [-0.3, -0.25) is 4.79 Å². The third-order valence-corrected chi connectivity index (χ3v) is 2.77. The quantitative estimate of drug-likeness (QED) is 0.785. The molecule has 0 spiro atoms. The van der Waals surface area contributed by atoms with Crippen molar-refractivity contribution in [3.63, 3.8) is 0 Å². The van der Waals surface area contributed by atoms with E-state index in [4.69, 9.17) is 9.47 Å². The molecule has 1 aliphatic heterocycles. The van der Waals surface area contributed by atoms with Crippen molar-refractivity contribution in [3.8, 4) is 11.5 Å². The monoisotopic (exact) mass is 235 g/mol. The summed E-state index contributed by atoms with van der Waals surface area (Å²) in [6.45, 7) is 3.52. The molecular weight excluding hydrogens is 218 g/mol. The molecule has 0 bridgehead atoms. The fourth-order valence-corrected chi connectivity index (χ4v) is 1.69. The largest absolute Gasteiger partial charge is 0.490 e. The van der Waals surface area contributed by atoms with Gasteiger partial charge in [0, 0.05) is 26.9 Å². The molecule has 4 nitrogen and oxygen atoms in total. The summed E-state index contributed by atoms with van der Waals surface area (Å²) in [6, 6.07) is 5.82. The summed E-state index contributed by atoms with van der Waals surface area (Å²) in [5, 5.41) is 0. The first-order valence-electron chi connectivity index (χ1n) is 5.77. The minimum Gasteiger partial charge on any atom is -0.490 e. The highest BCUT2D eigenvalue weighted by Crippen LogP contribution is 2.30. The number of fused-ring (bicyclic) bond motifs is 1. The molecule has 1 aliphatic rings. The lowest BCUT2D eigenvalue weighted by atomic mass is 10.2. The molecule has 0 saturated carbocycles. The minimum absolute atomic E-state index is 0.0529. The van der Waals surface area contributed by atoms with E-state index in [0.29, 0.717) is 19.8 Å². The average molecular weight is 235 g/mol. The normalized spacial score (nSPS) is 14.0. The second-order valence-electron chi connectivity index (χ2n) is 4.21. The maximum Gasteiger partial charge on any atom is 0.219 e. The van der Waals surface area contributed by atoms with E-state index >= 15 is 0 Å². The van der Waals surface area contributed by atoms with Gasteiger partial charge in [-0.2, -0.15) is 0 Å². The third kappa shape index (κ3) is 2.90. The Hall–Kier alpha value is -1.71. The molecule has 1 heterocycles. The molecule has 1 amide bonds. The Morgan fingerprint density at radius 2 is 2.00 bits per heavy atom. The highest BCUT2D eigenvalue weighted by molar-refractivity contribution is 5.72. The number of amides is 1. The third-order valence-electron chi connectivity index (χ3n) is 2.77. The molecule has 4 heteroatoms. The van der Waals surface area contributed by atoms with Gasteiger partial charge >= 0.3 is 0 Å². The molecule has 0 aromatic heterocycles. The van der Waals surface area contributed by atoms with Crippen LogP contribution in [0.25, 0.3) is 0 Å². The molecule has 1 aromatic rings. The van der Waals surface area contributed by atoms with E-state index in [-0.39, 0.29) is 5.91 Å². The highest BCUT2D eigenvalue weighted by Gasteiger charge is 2.11. The predicted octanol–water partition coefficient (Wildman–Crippen LogP) is 1.83. The van der Waals surface area contributed by atoms with Gasteiger partial charge in [-0.15, -0.1) is 0 Å². The van der Waals surface area contributed by atoms with Crippen LogP contribution >= 0.6 is 0 Å². The van der Waals surface area contributed by atoms with Gasteiger partial charge in [0.15, 0.2) is 11.5 Å². The van der Waals surface area contributed by atoms with E-state index < -0.39 is 0 Å². The topological polar surface area (TPSA) is 38.8 Å². The van der Waals surface area contributed by atoms with E-state index in [1.807, 2.05) is 18.2 Å². The average Bonchev–Trinajstić information content (AvgIpc) is 2.53. The molecule has 0 aliphatic carbocycles. The van der Waals surface area contributed by atoms with Gasteiger partial charge in [-0.25, -0.2) is 0 Å². The number of hydrogen-bond donors (Lipinski definition) is 0. The smallest absolute Gasteiger partial charge is 0.219 e. The zero-order valence-corrected chi connectivity index (χ0v) is 10.2. The van der Waals surface area contributed by atoms with Gasteiger partial charge in [0.05, 0.1) is 13.2 Å². The summed E-state index contributed by atoms with van der Waals surface area (Å²) in [4.78, 5) is 12.8. The zero-order valence-electron chi connectivity index (χ0n) is 10.2. The van der Waals surface area contributed by atoms with Gasteiger partial charge in [0.1, 0.15) is 0 Å². The minimum atomic E-state index is 0.0529. The van der Waals surface area contributed by atoms with Gasteiger partial charge in [-0.05, 0) is 17.7 Å². The van der Waals surface area contributed by atoms with Crippen LogP contribution in [0, 0.1) is 0 Å². The molecular formula is C13H17NO3. The van der Waals surface area contributed by atoms with Crippen molar-refractivity contribution in [2.45, 2.75) is 19.9 Å². The fraction of sp³-hybridized carbons (Fsp3) is 0.462. The van der Waals surface area contributed by atoms with Crippen LogP contribution in [0.5, 0.6) is 11.5 Å². The Morgan fingerprint density at radius 1 is 1.29 bits per heavy atom. The van der Waals surface area contributed by atoms with Crippen molar-refractivity contribution >= 4 is 5.91 Å². The van der Waals surface area contributed by atoms with Crippen molar-refractivity contribution in [3.05, 3.63) is 23.8 Å². The van der Waals surface area contributed by atoms with Crippen LogP contribution in [0.15, 0.2) is 18.2 Å². The molecule has 0 atom stereocenters. The van der Waals surface area contributed by atoms with Crippen molar-refractivity contribution in [2.24, 2.45) is 0 Å². The second kappa shape index (κ2) is 5.08. The number of hydrogen-bond acceptors (Lipinski definition) is 3. The molecule has 0 fully saturated rings. The Balaban J connectivity index is 2.15. The van der Waals surface area contributed by atoms with Crippen LogP contribution in [0.1, 0.15) is 18.9 Å². The summed E-state index contributed by atoms with van der Waals surface area (Å²) in [7, 11) is 1.78. The molecule has 0 N–H and O–H groups in total. The van der Waals surface area contributed by atoms with E-state index in [2.05, 4.69) is 0 Å². The number of rotatable bonds is 2. The molecule has 1 aromatic carbocycles. The number of carbonyl (C=O) groups excluding carboxylic acids is 1. The number of nitrogens with zero attached hydrogens (tertiary/aromatic N) is 1. The molecule has 92 valence electrons. The molecule has 0 saturated heterocycles. The Labute approximate surface area is 101 Å². The molecule has 0 radical (unpaired) electrons. The molecule has 0 unspecified atom stereocenters. The Bertz CT molecular complexity index is 417. The fourth-order valence-electron chi connectivity index (χ4n) is 1.69. The lowest BCUT2D eigenvalue weighted by Gasteiger charge is -2.16. The first-order chi connectivity index (χ1) is 8.16. The Kier molecular flexibility index (Phi) is 3.52. The number of ether oxygens (including phenoxy) is 2. The number of benzene rings is 1. The Morgan fingerprint density at radius 3 is 2.71 bits per heavy atom. The van der Waals surface area contributed by atoms with Crippen LogP contribution in [-0.2, 0) is 11.3 Å². The van der Waals surface area contributed by atoms with Gasteiger partial charge < -0.3 is 14.4 Å². The van der Waals surface area contributed by atoms with Crippen LogP contribution in [0.3, 0.4) is 0 Å². The summed E-state index contributed by atoms with van der Waals surface area (Å²) < 4.78 is 11.2. The van der Waals surface area contributed by atoms with E-state index in [1.165, 1.54) is 0 Å². The van der Waals surface area contributed by atoms with E-state index in [0.717, 1.165) is 23.5 Å². The molecule has 2 rings (SSSR count). The maximum absolute atomic E-state index is 11.2. The lowest BCUT2D eigenvalue weighted by Crippen LogP contribution is -2.22. The second-order valence-corrected chi connectivity index (χ2v) is 4.21. The summed E-state index contributed by atoms with van der Waals surface area (Å²) in [6.07, 6.45) is 0.900. The number of carbonyl (C=O) groups is 1. The van der Waals surface area contributed by atoms with Crippen molar-refractivity contribution in [1.82, 2.24) is 4.90 Å². The first-order valence-corrected chi connectivity index (χ1v) is 5.77. The van der Waals surface area contributed by atoms with Crippen LogP contribution in [0.2, 0.25) is 0 Å². The van der Waals surface area contributed by atoms with Crippen LogP contribution in [0.4, 0.5) is 0 Å². The van der Waals surface area contributed by atoms with Crippen molar-refractivity contribution in [1.29, 1.82) is 0 Å². The van der Waals surface area contributed by atoms with Crippen LogP contribution < -0.4 is 9.47 Å². The maximum atomic E-state index is 11.2. The summed E-state index contributed by atoms with van der Waals surface area (Å²) in [5.74, 6) is 1.62. The summed E-state index contributed by atoms with van der Waals surface area (Å²) >= 11 is 0. The van der Waals surface area contributed by atoms with E-state index in [1.54, 1.807) is 18.9 Å². The SMILES string of the molecule is CC(=O)N(C)Cc1ccc2c(c1)OCCCO2. The lowest BCUT2D eigenvalue weighted by molar-refractivity contribution is -0.128. The van der Waals surface area contributed by atoms with Crippen molar-refractivity contribution in [2.75, 3.05) is 20.3 Å². The molecule has 17 heavy (non-hydrogen) atoms. The van der Waals surface area contributed by atoms with Gasteiger partial charge in [0.25, 0.3) is 0 Å².